The summed E-state index contributed by atoms with van der Waals surface area (Å²) in [7, 11) is -1.55. The van der Waals surface area contributed by atoms with Crippen molar-refractivity contribution in [2.75, 3.05) is 44.9 Å². The Bertz CT molecular complexity index is 895. The van der Waals surface area contributed by atoms with Crippen LogP contribution >= 0.6 is 0 Å². The maximum atomic E-state index is 13.0. The molecule has 1 amide bonds. The lowest BCUT2D eigenvalue weighted by Gasteiger charge is -2.43. The van der Waals surface area contributed by atoms with E-state index in [0.717, 1.165) is 0 Å². The molecule has 0 spiro atoms. The molecule has 2 aliphatic heterocycles. The molecule has 2 saturated heterocycles. The topological polar surface area (TPSA) is 97.1 Å². The van der Waals surface area contributed by atoms with E-state index in [1.807, 2.05) is 0 Å². The van der Waals surface area contributed by atoms with Crippen LogP contribution in [0.5, 0.6) is 0 Å². The lowest BCUT2D eigenvalue weighted by Crippen LogP contribution is -2.61. The Kier molecular flexibility index (Phi) is 4.41. The van der Waals surface area contributed by atoms with E-state index in [1.165, 1.54) is 0 Å². The van der Waals surface area contributed by atoms with Crippen LogP contribution in [0.2, 0.25) is 0 Å². The third-order valence-corrected chi connectivity index (χ3v) is 6.79. The van der Waals surface area contributed by atoms with Crippen molar-refractivity contribution in [3.8, 4) is 0 Å². The SMILES string of the molecule is COCCN1CCN(C(=O)c2cn3cccnc3n2)[C@@H]2CS(=O)(=O)C[C@@H]21. The number of fused-ring (bicyclic) bond motifs is 2. The van der Waals surface area contributed by atoms with Crippen LogP contribution in [0.1, 0.15) is 10.5 Å². The van der Waals surface area contributed by atoms with Crippen LogP contribution in [0.4, 0.5) is 0 Å². The third-order valence-electron chi connectivity index (χ3n) is 5.09. The molecule has 0 saturated carbocycles. The number of carbonyl (C=O) groups is 1. The van der Waals surface area contributed by atoms with Crippen molar-refractivity contribution in [2.24, 2.45) is 0 Å². The van der Waals surface area contributed by atoms with Crippen LogP contribution in [0, 0.1) is 0 Å². The van der Waals surface area contributed by atoms with Gasteiger partial charge in [0, 0.05) is 51.4 Å². The lowest BCUT2D eigenvalue weighted by molar-refractivity contribution is 0.0244. The zero-order valence-electron chi connectivity index (χ0n) is 14.5. The number of aromatic nitrogens is 3. The Labute approximate surface area is 151 Å². The molecule has 0 aliphatic carbocycles. The molecular weight excluding hydrogens is 358 g/mol. The summed E-state index contributed by atoms with van der Waals surface area (Å²) in [6.07, 6.45) is 5.03. The summed E-state index contributed by atoms with van der Waals surface area (Å²) in [5, 5.41) is 0. The number of hydrogen-bond donors (Lipinski definition) is 0. The van der Waals surface area contributed by atoms with Gasteiger partial charge in [-0.1, -0.05) is 0 Å². The maximum Gasteiger partial charge on any atom is 0.274 e. The molecule has 4 heterocycles. The molecule has 2 atom stereocenters. The van der Waals surface area contributed by atoms with Crippen molar-refractivity contribution < 1.29 is 17.9 Å². The number of ether oxygens (including phenoxy) is 1. The monoisotopic (exact) mass is 379 g/mol. The Morgan fingerprint density at radius 2 is 2.12 bits per heavy atom. The summed E-state index contributed by atoms with van der Waals surface area (Å²) in [5.74, 6) is 0.287. The molecule has 10 heteroatoms. The minimum absolute atomic E-state index is 0.00148. The van der Waals surface area contributed by atoms with Gasteiger partial charge in [-0.2, -0.15) is 0 Å². The number of carbonyl (C=O) groups excluding carboxylic acids is 1. The molecule has 0 aromatic carbocycles. The van der Waals surface area contributed by atoms with Crippen molar-refractivity contribution in [3.05, 3.63) is 30.4 Å². The molecular formula is C16H21N5O4S. The largest absolute Gasteiger partial charge is 0.383 e. The van der Waals surface area contributed by atoms with Crippen molar-refractivity contribution in [3.63, 3.8) is 0 Å². The first-order chi connectivity index (χ1) is 12.5. The minimum Gasteiger partial charge on any atom is -0.383 e. The summed E-state index contributed by atoms with van der Waals surface area (Å²) in [6, 6.07) is 1.22. The second-order valence-corrected chi connectivity index (χ2v) is 8.85. The Morgan fingerprint density at radius 3 is 2.88 bits per heavy atom. The number of nitrogens with zero attached hydrogens (tertiary/aromatic N) is 5. The van der Waals surface area contributed by atoms with E-state index in [2.05, 4.69) is 14.9 Å². The highest BCUT2D eigenvalue weighted by Gasteiger charge is 2.48. The summed E-state index contributed by atoms with van der Waals surface area (Å²) in [5.41, 5.74) is 0.289. The van der Waals surface area contributed by atoms with Crippen molar-refractivity contribution in [1.29, 1.82) is 0 Å². The molecule has 140 valence electrons. The van der Waals surface area contributed by atoms with E-state index in [9.17, 15) is 13.2 Å². The molecule has 2 aliphatic rings. The smallest absolute Gasteiger partial charge is 0.274 e. The molecule has 9 nitrogen and oxygen atoms in total. The van der Waals surface area contributed by atoms with Gasteiger partial charge in [0.25, 0.3) is 5.91 Å². The van der Waals surface area contributed by atoms with Crippen LogP contribution in [0.3, 0.4) is 0 Å². The predicted octanol–water partition coefficient (Wildman–Crippen LogP) is -0.701. The lowest BCUT2D eigenvalue weighted by atomic mass is 10.0. The molecule has 0 radical (unpaired) electrons. The predicted molar refractivity (Wildman–Crippen MR) is 93.7 cm³/mol. The van der Waals surface area contributed by atoms with Crippen molar-refractivity contribution >= 4 is 21.5 Å². The van der Waals surface area contributed by atoms with E-state index >= 15 is 0 Å². The molecule has 2 fully saturated rings. The van der Waals surface area contributed by atoms with Gasteiger partial charge in [0.1, 0.15) is 5.69 Å². The van der Waals surface area contributed by atoms with Gasteiger partial charge in [-0.15, -0.1) is 0 Å². The quantitative estimate of drug-likeness (QED) is 0.693. The van der Waals surface area contributed by atoms with Gasteiger partial charge in [-0.05, 0) is 6.07 Å². The highest BCUT2D eigenvalue weighted by Crippen LogP contribution is 2.28. The zero-order valence-corrected chi connectivity index (χ0v) is 15.3. The summed E-state index contributed by atoms with van der Waals surface area (Å²) < 4.78 is 31.3. The van der Waals surface area contributed by atoms with Crippen LogP contribution in [-0.4, -0.2) is 95.4 Å². The second kappa shape index (κ2) is 6.60. The highest BCUT2D eigenvalue weighted by atomic mass is 32.2. The van der Waals surface area contributed by atoms with E-state index in [0.29, 0.717) is 32.0 Å². The van der Waals surface area contributed by atoms with Gasteiger partial charge in [0.2, 0.25) is 5.78 Å². The van der Waals surface area contributed by atoms with Crippen molar-refractivity contribution in [2.45, 2.75) is 12.1 Å². The fraction of sp³-hybridized carbons (Fsp3) is 0.562. The highest BCUT2D eigenvalue weighted by molar-refractivity contribution is 7.91. The summed E-state index contributed by atoms with van der Waals surface area (Å²) >= 11 is 0. The normalized spacial score (nSPS) is 25.5. The van der Waals surface area contributed by atoms with Crippen LogP contribution < -0.4 is 0 Å². The third kappa shape index (κ3) is 3.08. The first-order valence-corrected chi connectivity index (χ1v) is 10.3. The molecule has 2 aromatic rings. The molecule has 26 heavy (non-hydrogen) atoms. The fourth-order valence-corrected chi connectivity index (χ4v) is 5.86. The number of imidazole rings is 1. The summed E-state index contributed by atoms with van der Waals surface area (Å²) in [4.78, 5) is 25.2. The average Bonchev–Trinajstić information content (AvgIpc) is 3.18. The summed E-state index contributed by atoms with van der Waals surface area (Å²) in [6.45, 7) is 2.29. The number of methoxy groups -OCH3 is 1. The first-order valence-electron chi connectivity index (χ1n) is 8.52. The Morgan fingerprint density at radius 1 is 1.31 bits per heavy atom. The fourth-order valence-electron chi connectivity index (χ4n) is 3.84. The second-order valence-electron chi connectivity index (χ2n) is 6.69. The minimum atomic E-state index is -3.17. The van der Waals surface area contributed by atoms with Crippen LogP contribution in [0.25, 0.3) is 5.78 Å². The van der Waals surface area contributed by atoms with Crippen LogP contribution in [0.15, 0.2) is 24.7 Å². The average molecular weight is 379 g/mol. The molecule has 0 unspecified atom stereocenters. The van der Waals surface area contributed by atoms with Gasteiger partial charge >= 0.3 is 0 Å². The Balaban J connectivity index is 1.61. The standard InChI is InChI=1S/C16H21N5O4S/c1-25-8-7-19-5-6-21(14-11-26(23,24)10-13(14)19)15(22)12-9-20-4-2-3-17-16(20)18-12/h2-4,9,13-14H,5-8,10-11H2,1H3/t13-,14+/m0/s1. The number of piperazine rings is 1. The molecule has 2 aromatic heterocycles. The van der Waals surface area contributed by atoms with E-state index in [1.54, 1.807) is 41.1 Å². The van der Waals surface area contributed by atoms with Crippen molar-refractivity contribution in [1.82, 2.24) is 24.2 Å². The Hall–Kier alpha value is -2.04. The van der Waals surface area contributed by atoms with Gasteiger partial charge in [-0.25, -0.2) is 18.4 Å². The number of amides is 1. The number of rotatable bonds is 4. The van der Waals surface area contributed by atoms with E-state index < -0.39 is 9.84 Å². The number of sulfone groups is 1. The molecule has 0 N–H and O–H groups in total. The van der Waals surface area contributed by atoms with Gasteiger partial charge in [0.15, 0.2) is 9.84 Å². The van der Waals surface area contributed by atoms with E-state index in [-0.39, 0.29) is 35.2 Å². The zero-order chi connectivity index (χ0) is 18.3. The van der Waals surface area contributed by atoms with Gasteiger partial charge in [-0.3, -0.25) is 14.1 Å². The van der Waals surface area contributed by atoms with Gasteiger partial charge in [0.05, 0.1) is 24.2 Å². The maximum absolute atomic E-state index is 13.0. The van der Waals surface area contributed by atoms with E-state index in [4.69, 9.17) is 4.74 Å². The first kappa shape index (κ1) is 17.4. The molecule has 0 bridgehead atoms. The number of hydrogen-bond acceptors (Lipinski definition) is 7. The van der Waals surface area contributed by atoms with Gasteiger partial charge < -0.3 is 9.64 Å². The molecule has 4 rings (SSSR count). The van der Waals surface area contributed by atoms with Crippen LogP contribution in [-0.2, 0) is 14.6 Å².